The van der Waals surface area contributed by atoms with Crippen LogP contribution >= 0.6 is 22.6 Å². The van der Waals surface area contributed by atoms with E-state index in [1.807, 2.05) is 25.1 Å². The molecule has 35 heavy (non-hydrogen) atoms. The molecule has 0 radical (unpaired) electrons. The molecule has 0 aliphatic rings. The molecule has 0 amide bonds. The molecule has 0 fully saturated rings. The van der Waals surface area contributed by atoms with E-state index >= 15 is 0 Å². The topological polar surface area (TPSA) is 59.6 Å². The van der Waals surface area contributed by atoms with Gasteiger partial charge in [0.2, 0.25) is 0 Å². The zero-order valence-corrected chi connectivity index (χ0v) is 21.3. The van der Waals surface area contributed by atoms with Crippen LogP contribution in [0.2, 0.25) is 0 Å². The van der Waals surface area contributed by atoms with E-state index in [0.29, 0.717) is 17.5 Å². The van der Waals surface area contributed by atoms with E-state index in [0.717, 1.165) is 27.7 Å². The summed E-state index contributed by atoms with van der Waals surface area (Å²) in [6.45, 7) is 1.97. The summed E-state index contributed by atoms with van der Waals surface area (Å²) in [5.41, 5.74) is 3.54. The molecule has 3 rings (SSSR count). The van der Waals surface area contributed by atoms with Gasteiger partial charge >= 0.3 is 6.18 Å². The minimum Gasteiger partial charge on any atom is -0.306 e. The zero-order chi connectivity index (χ0) is 25.4. The first-order valence-electron chi connectivity index (χ1n) is 11.2. The van der Waals surface area contributed by atoms with Crippen LogP contribution in [0.5, 0.6) is 0 Å². The molecule has 0 aliphatic carbocycles. The molecule has 180 valence electrons. The van der Waals surface area contributed by atoms with Crippen molar-refractivity contribution in [3.8, 4) is 12.1 Å². The summed E-state index contributed by atoms with van der Waals surface area (Å²) in [6, 6.07) is 24.4. The lowest BCUT2D eigenvalue weighted by molar-refractivity contribution is -0.137. The predicted molar refractivity (Wildman–Crippen MR) is 139 cm³/mol. The van der Waals surface area contributed by atoms with Crippen LogP contribution in [0, 0.1) is 22.7 Å². The highest BCUT2D eigenvalue weighted by Crippen LogP contribution is 2.33. The van der Waals surface area contributed by atoms with Gasteiger partial charge in [0.05, 0.1) is 29.7 Å². The first-order valence-corrected chi connectivity index (χ1v) is 12.7. The van der Waals surface area contributed by atoms with Crippen molar-refractivity contribution in [2.45, 2.75) is 48.4 Å². The molecule has 1 unspecified atom stereocenters. The molecule has 0 bridgehead atoms. The number of alkyl halides is 4. The van der Waals surface area contributed by atoms with Gasteiger partial charge < -0.3 is 5.32 Å². The van der Waals surface area contributed by atoms with Crippen LogP contribution in [0.1, 0.15) is 58.7 Å². The van der Waals surface area contributed by atoms with E-state index in [9.17, 15) is 23.7 Å². The van der Waals surface area contributed by atoms with Crippen molar-refractivity contribution in [1.29, 1.82) is 10.5 Å². The molecule has 3 nitrogen and oxygen atoms in total. The van der Waals surface area contributed by atoms with Gasteiger partial charge in [0, 0.05) is 22.4 Å². The summed E-state index contributed by atoms with van der Waals surface area (Å²) in [7, 11) is 0. The van der Waals surface area contributed by atoms with Gasteiger partial charge in [-0.25, -0.2) is 0 Å². The summed E-state index contributed by atoms with van der Waals surface area (Å²) in [5.74, 6) is -0.0688. The van der Waals surface area contributed by atoms with Crippen molar-refractivity contribution in [3.05, 3.63) is 106 Å². The molecule has 0 aliphatic heterocycles. The van der Waals surface area contributed by atoms with Crippen LogP contribution in [-0.4, -0.2) is 6.04 Å². The van der Waals surface area contributed by atoms with Crippen LogP contribution in [-0.2, 0) is 17.0 Å². The number of nitrogens with one attached hydrogen (secondary N) is 1. The molecule has 3 aromatic carbocycles. The van der Waals surface area contributed by atoms with E-state index in [-0.39, 0.29) is 18.4 Å². The average molecular weight is 587 g/mol. The van der Waals surface area contributed by atoms with Crippen molar-refractivity contribution in [2.24, 2.45) is 0 Å². The Labute approximate surface area is 217 Å². The molecular weight excluding hydrogens is 562 g/mol. The maximum absolute atomic E-state index is 13.3. The molecule has 0 heterocycles. The summed E-state index contributed by atoms with van der Waals surface area (Å²) in [5, 5.41) is 22.2. The van der Waals surface area contributed by atoms with Gasteiger partial charge in [0.1, 0.15) is 0 Å². The maximum atomic E-state index is 13.3. The quantitative estimate of drug-likeness (QED) is 0.209. The van der Waals surface area contributed by atoms with Crippen LogP contribution in [0.3, 0.4) is 0 Å². The van der Waals surface area contributed by atoms with E-state index in [1.165, 1.54) is 11.6 Å². The Balaban J connectivity index is 1.93. The highest BCUT2D eigenvalue weighted by Gasteiger charge is 2.31. The van der Waals surface area contributed by atoms with Crippen molar-refractivity contribution in [3.63, 3.8) is 0 Å². The minimum atomic E-state index is -4.46. The summed E-state index contributed by atoms with van der Waals surface area (Å²) < 4.78 is 40.8. The number of halogens is 4. The first-order chi connectivity index (χ1) is 16.7. The molecule has 0 saturated carbocycles. The van der Waals surface area contributed by atoms with Crippen molar-refractivity contribution in [2.75, 3.05) is 0 Å². The number of nitrogens with zero attached hydrogens (tertiary/aromatic N) is 2. The molecule has 3 atom stereocenters. The Morgan fingerprint density at radius 1 is 0.914 bits per heavy atom. The van der Waals surface area contributed by atoms with E-state index in [2.05, 4.69) is 64.3 Å². The smallest absolute Gasteiger partial charge is 0.306 e. The fourth-order valence-corrected chi connectivity index (χ4v) is 4.68. The second-order valence-electron chi connectivity index (χ2n) is 8.49. The first kappa shape index (κ1) is 26.7. The number of hydrogen-bond acceptors (Lipinski definition) is 3. The summed E-state index contributed by atoms with van der Waals surface area (Å²) >= 11 is 2.31. The summed E-state index contributed by atoms with van der Waals surface area (Å²) in [4.78, 5) is 0. The standard InChI is InChI=1S/C28H25F3IN3/c1-19(35-27(12-13-33)24-6-3-7-25(16-24)28(29,30)31)26(23-5-2-4-22(14-23)18-34)15-20-8-10-21(17-32)11-9-20/h2-11,14,16,19,26-27,35H,12,15,17H2,1H3/t19-,26+,27?/m0/s1. The fraction of sp³-hybridized carbons (Fsp3) is 0.286. The van der Waals surface area contributed by atoms with E-state index in [1.54, 1.807) is 12.1 Å². The third kappa shape index (κ3) is 7.30. The van der Waals surface area contributed by atoms with Gasteiger partial charge in [-0.05, 0) is 59.9 Å². The minimum absolute atomic E-state index is 0.0287. The second-order valence-corrected chi connectivity index (χ2v) is 9.25. The van der Waals surface area contributed by atoms with Crippen LogP contribution in [0.25, 0.3) is 0 Å². The largest absolute Gasteiger partial charge is 0.416 e. The van der Waals surface area contributed by atoms with Gasteiger partial charge in [0.25, 0.3) is 0 Å². The number of rotatable bonds is 9. The third-order valence-electron chi connectivity index (χ3n) is 6.06. The van der Waals surface area contributed by atoms with Crippen molar-refractivity contribution in [1.82, 2.24) is 5.32 Å². The summed E-state index contributed by atoms with van der Waals surface area (Å²) in [6.07, 6.45) is -3.75. The zero-order valence-electron chi connectivity index (χ0n) is 19.2. The van der Waals surface area contributed by atoms with Gasteiger partial charge in [0.15, 0.2) is 0 Å². The highest BCUT2D eigenvalue weighted by molar-refractivity contribution is 14.1. The molecule has 1 N–H and O–H groups in total. The number of benzene rings is 3. The van der Waals surface area contributed by atoms with Gasteiger partial charge in [-0.3, -0.25) is 0 Å². The number of nitriles is 2. The van der Waals surface area contributed by atoms with Gasteiger partial charge in [-0.1, -0.05) is 71.1 Å². The molecular formula is C28H25F3IN3. The van der Waals surface area contributed by atoms with Gasteiger partial charge in [-0.2, -0.15) is 23.7 Å². The Bertz CT molecular complexity index is 1210. The van der Waals surface area contributed by atoms with Crippen LogP contribution < -0.4 is 5.32 Å². The SMILES string of the molecule is C[C@H](NC(CC#N)c1cccc(C(F)(F)F)c1)[C@@H](Cc1ccc(CI)cc1)c1cccc(C#N)c1. The molecule has 0 spiro atoms. The lowest BCUT2D eigenvalue weighted by Crippen LogP contribution is -2.36. The highest BCUT2D eigenvalue weighted by atomic mass is 127. The Kier molecular flexibility index (Phi) is 9.31. The normalized spacial score (nSPS) is 13.9. The molecule has 0 aromatic heterocycles. The second kappa shape index (κ2) is 12.2. The third-order valence-corrected chi connectivity index (χ3v) is 6.94. The van der Waals surface area contributed by atoms with E-state index < -0.39 is 17.8 Å². The average Bonchev–Trinajstić information content (AvgIpc) is 2.87. The Hall–Kier alpha value is -2.88. The monoisotopic (exact) mass is 587 g/mol. The maximum Gasteiger partial charge on any atom is 0.416 e. The van der Waals surface area contributed by atoms with Crippen LogP contribution in [0.15, 0.2) is 72.8 Å². The van der Waals surface area contributed by atoms with E-state index in [4.69, 9.17) is 0 Å². The Morgan fingerprint density at radius 2 is 1.57 bits per heavy atom. The number of hydrogen-bond donors (Lipinski definition) is 1. The van der Waals surface area contributed by atoms with Gasteiger partial charge in [-0.15, -0.1) is 0 Å². The molecule has 0 saturated heterocycles. The van der Waals surface area contributed by atoms with Crippen molar-refractivity contribution < 1.29 is 13.2 Å². The Morgan fingerprint density at radius 3 is 2.20 bits per heavy atom. The lowest BCUT2D eigenvalue weighted by atomic mass is 9.85. The molecule has 3 aromatic rings. The lowest BCUT2D eigenvalue weighted by Gasteiger charge is -2.30. The molecule has 7 heteroatoms. The fourth-order valence-electron chi connectivity index (χ4n) is 4.17. The van der Waals surface area contributed by atoms with Crippen LogP contribution in [0.4, 0.5) is 13.2 Å². The predicted octanol–water partition coefficient (Wildman–Crippen LogP) is 7.47. The van der Waals surface area contributed by atoms with Crippen molar-refractivity contribution >= 4 is 22.6 Å².